The molecule has 7 heteroatoms. The fourth-order valence-corrected chi connectivity index (χ4v) is 2.09. The second kappa shape index (κ2) is 6.25. The predicted molar refractivity (Wildman–Crippen MR) is 76.0 cm³/mol. The lowest BCUT2D eigenvalue weighted by Gasteiger charge is -2.16. The number of nitrogens with zero attached hydrogens (tertiary/aromatic N) is 2. The van der Waals surface area contributed by atoms with Gasteiger partial charge >= 0.3 is 5.97 Å². The standard InChI is InChI=1S/C14H18N4O3/c1-9(2)18-5-3-4-12(18)13(19)17-11(14(20)21)6-10-7-15-8-16-10/h3-5,7-9,11H,6H2,1-2H3,(H,15,16)(H,17,19)(H,20,21)/t11-/m1/s1. The highest BCUT2D eigenvalue weighted by atomic mass is 16.4. The summed E-state index contributed by atoms with van der Waals surface area (Å²) in [7, 11) is 0. The second-order valence-electron chi connectivity index (χ2n) is 5.04. The fraction of sp³-hybridized carbons (Fsp3) is 0.357. The van der Waals surface area contributed by atoms with Gasteiger partial charge in [0, 0.05) is 30.6 Å². The molecule has 0 saturated carbocycles. The zero-order chi connectivity index (χ0) is 15.4. The number of hydrogen-bond donors (Lipinski definition) is 3. The van der Waals surface area contributed by atoms with Gasteiger partial charge in [0.15, 0.2) is 0 Å². The highest BCUT2D eigenvalue weighted by molar-refractivity contribution is 5.95. The van der Waals surface area contributed by atoms with Crippen molar-refractivity contribution < 1.29 is 14.7 Å². The molecule has 2 aromatic heterocycles. The number of carboxylic acid groups (broad SMARTS) is 1. The van der Waals surface area contributed by atoms with E-state index in [1.54, 1.807) is 29.1 Å². The summed E-state index contributed by atoms with van der Waals surface area (Å²) in [6.07, 6.45) is 4.96. The van der Waals surface area contributed by atoms with Crippen molar-refractivity contribution in [3.63, 3.8) is 0 Å². The Hall–Kier alpha value is -2.57. The van der Waals surface area contributed by atoms with Crippen molar-refractivity contribution in [2.45, 2.75) is 32.4 Å². The molecule has 0 aliphatic rings. The summed E-state index contributed by atoms with van der Waals surface area (Å²) in [4.78, 5) is 30.2. The molecule has 2 rings (SSSR count). The second-order valence-corrected chi connectivity index (χ2v) is 5.04. The van der Waals surface area contributed by atoms with Crippen LogP contribution < -0.4 is 5.32 Å². The summed E-state index contributed by atoms with van der Waals surface area (Å²) in [6, 6.07) is 2.55. The molecular formula is C14H18N4O3. The fourth-order valence-electron chi connectivity index (χ4n) is 2.09. The van der Waals surface area contributed by atoms with Crippen LogP contribution in [-0.4, -0.2) is 37.6 Å². The molecule has 21 heavy (non-hydrogen) atoms. The van der Waals surface area contributed by atoms with E-state index in [0.717, 1.165) is 0 Å². The van der Waals surface area contributed by atoms with Crippen LogP contribution in [0.25, 0.3) is 0 Å². The van der Waals surface area contributed by atoms with E-state index in [9.17, 15) is 14.7 Å². The van der Waals surface area contributed by atoms with Gasteiger partial charge in [0.2, 0.25) is 0 Å². The van der Waals surface area contributed by atoms with Gasteiger partial charge in [0.1, 0.15) is 11.7 Å². The van der Waals surface area contributed by atoms with Gasteiger partial charge < -0.3 is 20.0 Å². The van der Waals surface area contributed by atoms with Crippen molar-refractivity contribution >= 4 is 11.9 Å². The topological polar surface area (TPSA) is 100 Å². The molecule has 0 aliphatic heterocycles. The van der Waals surface area contributed by atoms with E-state index in [1.165, 1.54) is 6.33 Å². The number of carbonyl (C=O) groups is 2. The lowest BCUT2D eigenvalue weighted by Crippen LogP contribution is -2.43. The van der Waals surface area contributed by atoms with Crippen LogP contribution in [0.4, 0.5) is 0 Å². The molecule has 1 atom stereocenters. The Bertz CT molecular complexity index is 616. The first-order valence-electron chi connectivity index (χ1n) is 6.66. The zero-order valence-electron chi connectivity index (χ0n) is 11.9. The summed E-state index contributed by atoms with van der Waals surface area (Å²) in [5.41, 5.74) is 1.10. The zero-order valence-corrected chi connectivity index (χ0v) is 11.9. The molecule has 0 spiro atoms. The van der Waals surface area contributed by atoms with Gasteiger partial charge in [-0.3, -0.25) is 4.79 Å². The van der Waals surface area contributed by atoms with Gasteiger partial charge in [-0.25, -0.2) is 9.78 Å². The Morgan fingerprint density at radius 1 is 1.48 bits per heavy atom. The third kappa shape index (κ3) is 3.50. The quantitative estimate of drug-likeness (QED) is 0.744. The molecular weight excluding hydrogens is 272 g/mol. The Kier molecular flexibility index (Phi) is 4.42. The molecule has 0 radical (unpaired) electrons. The molecule has 0 bridgehead atoms. The number of amides is 1. The summed E-state index contributed by atoms with van der Waals surface area (Å²) in [5, 5.41) is 11.8. The molecule has 0 aliphatic carbocycles. The van der Waals surface area contributed by atoms with Crippen LogP contribution in [0.15, 0.2) is 30.9 Å². The highest BCUT2D eigenvalue weighted by Crippen LogP contribution is 2.11. The van der Waals surface area contributed by atoms with E-state index in [0.29, 0.717) is 11.4 Å². The Balaban J connectivity index is 2.11. The third-order valence-electron chi connectivity index (χ3n) is 3.15. The van der Waals surface area contributed by atoms with Crippen molar-refractivity contribution in [1.29, 1.82) is 0 Å². The van der Waals surface area contributed by atoms with E-state index >= 15 is 0 Å². The molecule has 0 saturated heterocycles. The Morgan fingerprint density at radius 2 is 2.24 bits per heavy atom. The number of nitrogens with one attached hydrogen (secondary N) is 2. The first-order valence-corrected chi connectivity index (χ1v) is 6.66. The first kappa shape index (κ1) is 14.8. The average Bonchev–Trinajstić information content (AvgIpc) is 3.08. The minimum Gasteiger partial charge on any atom is -0.480 e. The van der Waals surface area contributed by atoms with Crippen molar-refractivity contribution in [2.24, 2.45) is 0 Å². The molecule has 2 heterocycles. The van der Waals surface area contributed by atoms with E-state index in [1.807, 2.05) is 13.8 Å². The molecule has 0 unspecified atom stereocenters. The molecule has 0 aromatic carbocycles. The van der Waals surface area contributed by atoms with Gasteiger partial charge in [0.05, 0.1) is 6.33 Å². The van der Waals surface area contributed by atoms with Gasteiger partial charge in [-0.15, -0.1) is 0 Å². The minimum absolute atomic E-state index is 0.122. The predicted octanol–water partition coefficient (Wildman–Crippen LogP) is 1.22. The van der Waals surface area contributed by atoms with Crippen LogP contribution in [-0.2, 0) is 11.2 Å². The number of aromatic nitrogens is 3. The number of carbonyl (C=O) groups excluding carboxylic acids is 1. The molecule has 1 amide bonds. The maximum absolute atomic E-state index is 12.3. The maximum atomic E-state index is 12.3. The number of H-pyrrole nitrogens is 1. The number of hydrogen-bond acceptors (Lipinski definition) is 3. The monoisotopic (exact) mass is 290 g/mol. The summed E-state index contributed by atoms with van der Waals surface area (Å²) < 4.78 is 1.80. The van der Waals surface area contributed by atoms with E-state index < -0.39 is 17.9 Å². The van der Waals surface area contributed by atoms with Crippen LogP contribution in [0.1, 0.15) is 36.1 Å². The van der Waals surface area contributed by atoms with Crippen molar-refractivity contribution in [1.82, 2.24) is 19.9 Å². The van der Waals surface area contributed by atoms with Gasteiger partial charge in [-0.1, -0.05) is 0 Å². The number of rotatable bonds is 6. The average molecular weight is 290 g/mol. The summed E-state index contributed by atoms with van der Waals surface area (Å²) in [5.74, 6) is -1.48. The maximum Gasteiger partial charge on any atom is 0.326 e. The largest absolute Gasteiger partial charge is 0.480 e. The number of aliphatic carboxylic acids is 1. The smallest absolute Gasteiger partial charge is 0.326 e. The lowest BCUT2D eigenvalue weighted by atomic mass is 10.1. The third-order valence-corrected chi connectivity index (χ3v) is 3.15. The van der Waals surface area contributed by atoms with Crippen LogP contribution in [0.3, 0.4) is 0 Å². The van der Waals surface area contributed by atoms with Crippen molar-refractivity contribution in [3.8, 4) is 0 Å². The Morgan fingerprint density at radius 3 is 2.81 bits per heavy atom. The van der Waals surface area contributed by atoms with Gasteiger partial charge in [-0.05, 0) is 26.0 Å². The van der Waals surface area contributed by atoms with Crippen molar-refractivity contribution in [3.05, 3.63) is 42.2 Å². The van der Waals surface area contributed by atoms with Crippen LogP contribution in [0, 0.1) is 0 Å². The molecule has 7 nitrogen and oxygen atoms in total. The van der Waals surface area contributed by atoms with E-state index in [-0.39, 0.29) is 12.5 Å². The van der Waals surface area contributed by atoms with Crippen molar-refractivity contribution in [2.75, 3.05) is 0 Å². The van der Waals surface area contributed by atoms with Gasteiger partial charge in [-0.2, -0.15) is 0 Å². The SMILES string of the molecule is CC(C)n1cccc1C(=O)N[C@H](Cc1cnc[nH]1)C(=O)O. The lowest BCUT2D eigenvalue weighted by molar-refractivity contribution is -0.139. The minimum atomic E-state index is -1.08. The number of aromatic amines is 1. The normalized spacial score (nSPS) is 12.3. The molecule has 112 valence electrons. The van der Waals surface area contributed by atoms with E-state index in [2.05, 4.69) is 15.3 Å². The molecule has 2 aromatic rings. The van der Waals surface area contributed by atoms with E-state index in [4.69, 9.17) is 0 Å². The number of carboxylic acids is 1. The van der Waals surface area contributed by atoms with Gasteiger partial charge in [0.25, 0.3) is 5.91 Å². The summed E-state index contributed by atoms with van der Waals surface area (Å²) in [6.45, 7) is 3.91. The van der Waals surface area contributed by atoms with Crippen LogP contribution in [0.2, 0.25) is 0 Å². The highest BCUT2D eigenvalue weighted by Gasteiger charge is 2.23. The molecule has 0 fully saturated rings. The molecule has 3 N–H and O–H groups in total. The van der Waals surface area contributed by atoms with Crippen LogP contribution >= 0.6 is 0 Å². The number of imidazole rings is 1. The Labute approximate surface area is 122 Å². The first-order chi connectivity index (χ1) is 9.99. The van der Waals surface area contributed by atoms with Crippen LogP contribution in [0.5, 0.6) is 0 Å². The summed E-state index contributed by atoms with van der Waals surface area (Å²) >= 11 is 0.